The summed E-state index contributed by atoms with van der Waals surface area (Å²) in [6.45, 7) is 4.29. The van der Waals surface area contributed by atoms with Gasteiger partial charge in [0.2, 0.25) is 0 Å². The van der Waals surface area contributed by atoms with Crippen molar-refractivity contribution in [2.24, 2.45) is 0 Å². The number of ether oxygens (including phenoxy) is 1. The Morgan fingerprint density at radius 1 is 0.784 bits per heavy atom. The number of halogens is 1. The van der Waals surface area contributed by atoms with Crippen molar-refractivity contribution in [3.8, 4) is 5.75 Å². The Morgan fingerprint density at radius 3 is 2.04 bits per heavy atom. The Balaban J connectivity index is 1.16. The monoisotopic (exact) mass is 737 g/mol. The third-order valence-electron chi connectivity index (χ3n) is 10.1. The van der Waals surface area contributed by atoms with Crippen LogP contribution in [0, 0.1) is 6.92 Å². The van der Waals surface area contributed by atoms with E-state index in [0.717, 1.165) is 53.1 Å². The van der Waals surface area contributed by atoms with E-state index in [1.807, 2.05) is 49.4 Å². The molecule has 8 rings (SSSR count). The molecule has 1 saturated heterocycles. The van der Waals surface area contributed by atoms with E-state index in [-0.39, 0.29) is 17.4 Å². The number of benzene rings is 5. The molecular formula is C43H36BrN3O4. The van der Waals surface area contributed by atoms with Gasteiger partial charge in [-0.2, -0.15) is 0 Å². The predicted molar refractivity (Wildman–Crippen MR) is 203 cm³/mol. The summed E-state index contributed by atoms with van der Waals surface area (Å²) in [5.74, 6) is -0.578. The van der Waals surface area contributed by atoms with Gasteiger partial charge in [-0.1, -0.05) is 96.6 Å². The molecule has 3 heterocycles. The third-order valence-corrected chi connectivity index (χ3v) is 10.7. The van der Waals surface area contributed by atoms with Crippen LogP contribution >= 0.6 is 15.9 Å². The summed E-state index contributed by atoms with van der Waals surface area (Å²) in [5, 5.41) is 2.44. The minimum atomic E-state index is -0.758. The van der Waals surface area contributed by atoms with Gasteiger partial charge >= 0.3 is 6.03 Å². The van der Waals surface area contributed by atoms with Gasteiger partial charge in [-0.15, -0.1) is 0 Å². The molecule has 0 aliphatic carbocycles. The van der Waals surface area contributed by atoms with E-state index in [4.69, 9.17) is 4.74 Å². The third kappa shape index (κ3) is 6.36. The van der Waals surface area contributed by atoms with Crippen LogP contribution in [-0.4, -0.2) is 30.9 Å². The van der Waals surface area contributed by atoms with Crippen molar-refractivity contribution < 1.29 is 19.1 Å². The molecule has 1 N–H and O–H groups in total. The summed E-state index contributed by atoms with van der Waals surface area (Å²) >= 11 is 3.59. The van der Waals surface area contributed by atoms with E-state index >= 15 is 0 Å². The Labute approximate surface area is 305 Å². The zero-order chi connectivity index (χ0) is 35.1. The Kier molecular flexibility index (Phi) is 8.78. The second-order valence-corrected chi connectivity index (χ2v) is 14.2. The second kappa shape index (κ2) is 13.7. The highest BCUT2D eigenvalue weighted by Gasteiger charge is 2.40. The van der Waals surface area contributed by atoms with Crippen molar-refractivity contribution in [3.63, 3.8) is 0 Å². The molecule has 3 aliphatic rings. The quantitative estimate of drug-likeness (QED) is 0.133. The molecule has 2 atom stereocenters. The van der Waals surface area contributed by atoms with Crippen LogP contribution in [0.25, 0.3) is 6.08 Å². The molecule has 5 aromatic carbocycles. The van der Waals surface area contributed by atoms with E-state index in [1.165, 1.54) is 22.9 Å². The number of amides is 4. The van der Waals surface area contributed by atoms with Crippen LogP contribution < -0.4 is 19.9 Å². The number of rotatable bonds is 7. The summed E-state index contributed by atoms with van der Waals surface area (Å²) < 4.78 is 6.72. The number of carbonyl (C=O) groups excluding carboxylic acids is 3. The number of urea groups is 1. The smallest absolute Gasteiger partial charge is 0.335 e. The van der Waals surface area contributed by atoms with Gasteiger partial charge in [-0.05, 0) is 99.4 Å². The molecule has 4 amide bonds. The summed E-state index contributed by atoms with van der Waals surface area (Å²) in [6.07, 6.45) is 3.36. The first kappa shape index (κ1) is 32.7. The van der Waals surface area contributed by atoms with E-state index in [9.17, 15) is 14.4 Å². The molecule has 0 aromatic heterocycles. The lowest BCUT2D eigenvalue weighted by Crippen LogP contribution is -2.54. The zero-order valence-corrected chi connectivity index (χ0v) is 29.7. The van der Waals surface area contributed by atoms with Crippen molar-refractivity contribution in [2.45, 2.75) is 38.2 Å². The standard InChI is InChI=1S/C43H36BrN3O4/c1-27-9-8-10-29(21-27)26-51-39-16-15-28(23-38(39)44)22-37-41(48)45-43(50)47(42(37)49)32-24-35-33(30-11-4-2-5-12-30)17-19-46-20-18-34(36(25-32)40(35)46)31-13-6-3-7-14-31/h2-16,21-25,33-34H,17-20,26H2,1H3,(H,45,48,50)/b37-22+/t33-,34-/m1/s1. The lowest BCUT2D eigenvalue weighted by atomic mass is 9.76. The first-order valence-electron chi connectivity index (χ1n) is 17.3. The van der Waals surface area contributed by atoms with Gasteiger partial charge in [-0.25, -0.2) is 9.69 Å². The number of barbiturate groups is 1. The van der Waals surface area contributed by atoms with Gasteiger partial charge in [0.1, 0.15) is 17.9 Å². The average molecular weight is 739 g/mol. The van der Waals surface area contributed by atoms with Gasteiger partial charge in [0.15, 0.2) is 0 Å². The van der Waals surface area contributed by atoms with E-state index in [0.29, 0.717) is 28.1 Å². The summed E-state index contributed by atoms with van der Waals surface area (Å²) in [5.41, 5.74) is 8.91. The Hall–Kier alpha value is -5.47. The molecule has 8 heteroatoms. The largest absolute Gasteiger partial charge is 0.488 e. The summed E-state index contributed by atoms with van der Waals surface area (Å²) in [4.78, 5) is 44.6. The minimum absolute atomic E-state index is 0.0919. The maximum absolute atomic E-state index is 14.3. The van der Waals surface area contributed by atoms with Gasteiger partial charge in [0.05, 0.1) is 10.2 Å². The van der Waals surface area contributed by atoms with Crippen LogP contribution in [0.1, 0.15) is 63.6 Å². The highest BCUT2D eigenvalue weighted by Crippen LogP contribution is 2.50. The molecule has 5 aromatic rings. The minimum Gasteiger partial charge on any atom is -0.488 e. The maximum atomic E-state index is 14.3. The van der Waals surface area contributed by atoms with Crippen molar-refractivity contribution >= 4 is 51.2 Å². The molecule has 254 valence electrons. The van der Waals surface area contributed by atoms with Crippen LogP contribution in [0.15, 0.2) is 125 Å². The molecule has 0 unspecified atom stereocenters. The number of nitrogens with one attached hydrogen (secondary N) is 1. The van der Waals surface area contributed by atoms with Crippen LogP contribution in [0.5, 0.6) is 5.75 Å². The molecule has 7 nitrogen and oxygen atoms in total. The van der Waals surface area contributed by atoms with Crippen molar-refractivity contribution in [3.05, 3.63) is 164 Å². The first-order valence-corrected chi connectivity index (χ1v) is 18.1. The lowest BCUT2D eigenvalue weighted by molar-refractivity contribution is -0.122. The van der Waals surface area contributed by atoms with Gasteiger partial charge < -0.3 is 9.64 Å². The molecule has 51 heavy (non-hydrogen) atoms. The molecule has 0 bridgehead atoms. The van der Waals surface area contributed by atoms with Gasteiger partial charge in [-0.3, -0.25) is 14.9 Å². The predicted octanol–water partition coefficient (Wildman–Crippen LogP) is 8.88. The van der Waals surface area contributed by atoms with Crippen LogP contribution in [-0.2, 0) is 16.2 Å². The fourth-order valence-corrected chi connectivity index (χ4v) is 8.23. The van der Waals surface area contributed by atoms with E-state index in [1.54, 1.807) is 18.2 Å². The fraction of sp³-hybridized carbons (Fsp3) is 0.186. The number of carbonyl (C=O) groups is 3. The second-order valence-electron chi connectivity index (χ2n) is 13.4. The number of anilines is 2. The SMILES string of the molecule is Cc1cccc(COc2ccc(/C=C3\C(=O)NC(=O)N(c4cc5c6c(c4)[C@@H](c4ccccc4)CCN6CC[C@@H]5c4ccccc4)C3=O)cc2Br)c1. The average Bonchev–Trinajstić information content (AvgIpc) is 3.14. The van der Waals surface area contributed by atoms with Crippen LogP contribution in [0.3, 0.4) is 0 Å². The van der Waals surface area contributed by atoms with Crippen molar-refractivity contribution in [2.75, 3.05) is 22.9 Å². The Morgan fingerprint density at radius 2 is 1.43 bits per heavy atom. The fourth-order valence-electron chi connectivity index (χ4n) is 7.71. The van der Waals surface area contributed by atoms with E-state index < -0.39 is 17.8 Å². The number of nitrogens with zero attached hydrogens (tertiary/aromatic N) is 2. The molecule has 0 radical (unpaired) electrons. The first-order chi connectivity index (χ1) is 24.8. The number of hydrogen-bond donors (Lipinski definition) is 1. The number of hydrogen-bond acceptors (Lipinski definition) is 5. The number of aryl methyl sites for hydroxylation is 1. The molecule has 0 saturated carbocycles. The van der Waals surface area contributed by atoms with Crippen molar-refractivity contribution in [1.29, 1.82) is 0 Å². The molecule has 3 aliphatic heterocycles. The molecular weight excluding hydrogens is 702 g/mol. The molecule has 0 spiro atoms. The van der Waals surface area contributed by atoms with Crippen LogP contribution in [0.4, 0.5) is 16.2 Å². The normalized spacial score (nSPS) is 19.2. The topological polar surface area (TPSA) is 79.0 Å². The van der Waals surface area contributed by atoms with Crippen LogP contribution in [0.2, 0.25) is 0 Å². The summed E-state index contributed by atoms with van der Waals surface area (Å²) in [7, 11) is 0. The number of imide groups is 2. The van der Waals surface area contributed by atoms with E-state index in [2.05, 4.69) is 80.7 Å². The van der Waals surface area contributed by atoms with Gasteiger partial charge in [0.25, 0.3) is 11.8 Å². The van der Waals surface area contributed by atoms with Crippen molar-refractivity contribution in [1.82, 2.24) is 5.32 Å². The Bertz CT molecular complexity index is 2130. The summed E-state index contributed by atoms with van der Waals surface area (Å²) in [6, 6.07) is 37.5. The highest BCUT2D eigenvalue weighted by molar-refractivity contribution is 9.10. The lowest BCUT2D eigenvalue weighted by Gasteiger charge is -2.44. The van der Waals surface area contributed by atoms with Gasteiger partial charge in [0, 0.05) is 30.6 Å². The highest BCUT2D eigenvalue weighted by atomic mass is 79.9. The molecule has 1 fully saturated rings. The maximum Gasteiger partial charge on any atom is 0.335 e. The zero-order valence-electron chi connectivity index (χ0n) is 28.1.